The Hall–Kier alpha value is -0.0800. The molecule has 2 aliphatic carbocycles. The van der Waals surface area contributed by atoms with Gasteiger partial charge in [-0.1, -0.05) is 19.8 Å². The number of likely N-dealkylation sites (N-methyl/N-ethyl adjacent to an activating group) is 1. The summed E-state index contributed by atoms with van der Waals surface area (Å²) in [5, 5.41) is 3.58. The molecule has 4 unspecified atom stereocenters. The third-order valence-electron chi connectivity index (χ3n) is 5.31. The van der Waals surface area contributed by atoms with E-state index in [9.17, 15) is 0 Å². The number of rotatable bonds is 8. The standard InChI is InChI=1S/C16H32N2/c1-4-5-8-17-11-13(2)18(3)12-16-10-14-6-7-15(16)9-14/h13-17H,4-12H2,1-3H3. The fourth-order valence-electron chi connectivity index (χ4n) is 3.92. The maximum atomic E-state index is 3.58. The van der Waals surface area contributed by atoms with E-state index in [1.807, 2.05) is 0 Å². The SMILES string of the molecule is CCCCNCC(C)N(C)CC1CC2CCC1C2. The van der Waals surface area contributed by atoms with Crippen LogP contribution in [-0.2, 0) is 0 Å². The smallest absolute Gasteiger partial charge is 0.0189 e. The first kappa shape index (κ1) is 14.3. The Balaban J connectivity index is 1.63. The minimum atomic E-state index is 0.681. The van der Waals surface area contributed by atoms with Crippen molar-refractivity contribution in [3.8, 4) is 0 Å². The van der Waals surface area contributed by atoms with Crippen LogP contribution in [0.5, 0.6) is 0 Å². The number of hydrogen-bond acceptors (Lipinski definition) is 2. The average molecular weight is 252 g/mol. The number of unbranched alkanes of at least 4 members (excludes halogenated alkanes) is 1. The van der Waals surface area contributed by atoms with Crippen molar-refractivity contribution in [3.63, 3.8) is 0 Å². The molecule has 2 bridgehead atoms. The molecule has 2 fully saturated rings. The van der Waals surface area contributed by atoms with Gasteiger partial charge >= 0.3 is 0 Å². The zero-order chi connectivity index (χ0) is 13.0. The highest BCUT2D eigenvalue weighted by atomic mass is 15.1. The van der Waals surface area contributed by atoms with Crippen molar-refractivity contribution in [2.24, 2.45) is 17.8 Å². The number of nitrogens with zero attached hydrogens (tertiary/aromatic N) is 1. The first-order valence-corrected chi connectivity index (χ1v) is 8.11. The maximum absolute atomic E-state index is 3.58. The van der Waals surface area contributed by atoms with Crippen molar-refractivity contribution in [1.82, 2.24) is 10.2 Å². The fraction of sp³-hybridized carbons (Fsp3) is 1.00. The van der Waals surface area contributed by atoms with Gasteiger partial charge in [0, 0.05) is 19.1 Å². The summed E-state index contributed by atoms with van der Waals surface area (Å²) in [4.78, 5) is 2.59. The second kappa shape index (κ2) is 6.91. The quantitative estimate of drug-likeness (QED) is 0.668. The molecule has 0 saturated heterocycles. The molecule has 0 radical (unpaired) electrons. The lowest BCUT2D eigenvalue weighted by atomic mass is 9.88. The summed E-state index contributed by atoms with van der Waals surface area (Å²) in [6.45, 7) is 8.29. The molecule has 0 aromatic heterocycles. The van der Waals surface area contributed by atoms with E-state index in [1.54, 1.807) is 6.42 Å². The first-order chi connectivity index (χ1) is 8.70. The van der Waals surface area contributed by atoms with Crippen molar-refractivity contribution < 1.29 is 0 Å². The molecule has 4 atom stereocenters. The van der Waals surface area contributed by atoms with Crippen LogP contribution in [0.1, 0.15) is 52.4 Å². The van der Waals surface area contributed by atoms with Crippen LogP contribution in [0.4, 0.5) is 0 Å². The summed E-state index contributed by atoms with van der Waals surface area (Å²) in [5.74, 6) is 3.16. The van der Waals surface area contributed by atoms with Gasteiger partial charge < -0.3 is 10.2 Å². The lowest BCUT2D eigenvalue weighted by molar-refractivity contribution is 0.178. The van der Waals surface area contributed by atoms with Gasteiger partial charge in [-0.05, 0) is 64.0 Å². The molecule has 0 aromatic carbocycles. The molecule has 2 heteroatoms. The van der Waals surface area contributed by atoms with E-state index in [-0.39, 0.29) is 0 Å². The van der Waals surface area contributed by atoms with Gasteiger partial charge in [0.2, 0.25) is 0 Å². The van der Waals surface area contributed by atoms with Crippen LogP contribution in [0.25, 0.3) is 0 Å². The predicted octanol–water partition coefficient (Wildman–Crippen LogP) is 3.13. The third kappa shape index (κ3) is 3.71. The highest BCUT2D eigenvalue weighted by Crippen LogP contribution is 2.48. The van der Waals surface area contributed by atoms with Crippen LogP contribution >= 0.6 is 0 Å². The summed E-state index contributed by atoms with van der Waals surface area (Å²) in [6, 6.07) is 0.681. The van der Waals surface area contributed by atoms with E-state index in [2.05, 4.69) is 31.1 Å². The zero-order valence-corrected chi connectivity index (χ0v) is 12.6. The predicted molar refractivity (Wildman–Crippen MR) is 78.8 cm³/mol. The van der Waals surface area contributed by atoms with Gasteiger partial charge in [0.1, 0.15) is 0 Å². The van der Waals surface area contributed by atoms with Crippen LogP contribution in [0.15, 0.2) is 0 Å². The summed E-state index contributed by atoms with van der Waals surface area (Å²) in [5.41, 5.74) is 0. The normalized spacial score (nSPS) is 32.3. The van der Waals surface area contributed by atoms with Gasteiger partial charge in [0.05, 0.1) is 0 Å². The van der Waals surface area contributed by atoms with Crippen molar-refractivity contribution in [3.05, 3.63) is 0 Å². The molecule has 0 amide bonds. The second-order valence-electron chi connectivity index (χ2n) is 6.78. The number of nitrogens with one attached hydrogen (secondary N) is 1. The number of fused-ring (bicyclic) bond motifs is 2. The van der Waals surface area contributed by atoms with Crippen molar-refractivity contribution in [1.29, 1.82) is 0 Å². The molecule has 2 rings (SSSR count). The van der Waals surface area contributed by atoms with Gasteiger partial charge in [-0.25, -0.2) is 0 Å². The molecular weight excluding hydrogens is 220 g/mol. The Kier molecular flexibility index (Phi) is 5.50. The van der Waals surface area contributed by atoms with E-state index >= 15 is 0 Å². The molecule has 0 heterocycles. The monoisotopic (exact) mass is 252 g/mol. The van der Waals surface area contributed by atoms with Gasteiger partial charge in [-0.3, -0.25) is 0 Å². The summed E-state index contributed by atoms with van der Waals surface area (Å²) in [7, 11) is 2.32. The van der Waals surface area contributed by atoms with Crippen LogP contribution in [-0.4, -0.2) is 37.6 Å². The minimum absolute atomic E-state index is 0.681. The van der Waals surface area contributed by atoms with Gasteiger partial charge in [0.15, 0.2) is 0 Å². The Morgan fingerprint density at radius 1 is 1.28 bits per heavy atom. The molecule has 106 valence electrons. The topological polar surface area (TPSA) is 15.3 Å². The second-order valence-corrected chi connectivity index (χ2v) is 6.78. The van der Waals surface area contributed by atoms with E-state index in [0.29, 0.717) is 6.04 Å². The lowest BCUT2D eigenvalue weighted by Gasteiger charge is -2.31. The number of hydrogen-bond donors (Lipinski definition) is 1. The molecule has 0 spiro atoms. The van der Waals surface area contributed by atoms with E-state index in [4.69, 9.17) is 0 Å². The molecule has 1 N–H and O–H groups in total. The van der Waals surface area contributed by atoms with Crippen LogP contribution in [0.2, 0.25) is 0 Å². The van der Waals surface area contributed by atoms with Gasteiger partial charge in [0.25, 0.3) is 0 Å². The lowest BCUT2D eigenvalue weighted by Crippen LogP contribution is -2.41. The molecule has 0 aromatic rings. The van der Waals surface area contributed by atoms with E-state index in [0.717, 1.165) is 24.3 Å². The zero-order valence-electron chi connectivity index (χ0n) is 12.6. The molecule has 18 heavy (non-hydrogen) atoms. The molecular formula is C16H32N2. The summed E-state index contributed by atoms with van der Waals surface area (Å²) >= 11 is 0. The van der Waals surface area contributed by atoms with E-state index in [1.165, 1.54) is 45.2 Å². The first-order valence-electron chi connectivity index (χ1n) is 8.11. The summed E-state index contributed by atoms with van der Waals surface area (Å²) < 4.78 is 0. The van der Waals surface area contributed by atoms with Crippen molar-refractivity contribution >= 4 is 0 Å². The molecule has 2 aliphatic rings. The summed E-state index contributed by atoms with van der Waals surface area (Å²) in [6.07, 6.45) is 8.71. The average Bonchev–Trinajstić information content (AvgIpc) is 2.96. The van der Waals surface area contributed by atoms with Crippen LogP contribution in [0.3, 0.4) is 0 Å². The highest BCUT2D eigenvalue weighted by Gasteiger charge is 2.39. The molecule has 0 aliphatic heterocycles. The maximum Gasteiger partial charge on any atom is 0.0189 e. The van der Waals surface area contributed by atoms with E-state index < -0.39 is 0 Å². The van der Waals surface area contributed by atoms with Gasteiger partial charge in [-0.15, -0.1) is 0 Å². The Morgan fingerprint density at radius 3 is 2.72 bits per heavy atom. The van der Waals surface area contributed by atoms with Crippen LogP contribution < -0.4 is 5.32 Å². The molecule has 2 nitrogen and oxygen atoms in total. The molecule has 2 saturated carbocycles. The van der Waals surface area contributed by atoms with Crippen LogP contribution in [0, 0.1) is 17.8 Å². The van der Waals surface area contributed by atoms with Crippen molar-refractivity contribution in [2.75, 3.05) is 26.7 Å². The third-order valence-corrected chi connectivity index (χ3v) is 5.31. The fourth-order valence-corrected chi connectivity index (χ4v) is 3.92. The highest BCUT2D eigenvalue weighted by molar-refractivity contribution is 4.91. The Labute approximate surface area is 114 Å². The Bertz CT molecular complexity index is 241. The Morgan fingerprint density at radius 2 is 2.11 bits per heavy atom. The van der Waals surface area contributed by atoms with Crippen molar-refractivity contribution in [2.45, 2.75) is 58.4 Å². The largest absolute Gasteiger partial charge is 0.315 e. The minimum Gasteiger partial charge on any atom is -0.315 e. The van der Waals surface area contributed by atoms with Gasteiger partial charge in [-0.2, -0.15) is 0 Å².